The third kappa shape index (κ3) is 4.00. The molecule has 6 nitrogen and oxygen atoms in total. The van der Waals surface area contributed by atoms with Crippen molar-refractivity contribution < 1.29 is 47.3 Å². The second-order valence-corrected chi connectivity index (χ2v) is 6.40. The Balaban J connectivity index is 0.00000208. The molecule has 0 bridgehead atoms. The molecule has 0 aliphatic rings. The molecule has 0 spiro atoms. The first-order valence-electron chi connectivity index (χ1n) is 6.65. The van der Waals surface area contributed by atoms with Crippen molar-refractivity contribution in [3.63, 3.8) is 0 Å². The van der Waals surface area contributed by atoms with E-state index < -0.39 is 10.1 Å². The summed E-state index contributed by atoms with van der Waals surface area (Å²) >= 11 is 0. The zero-order chi connectivity index (χ0) is 16.6. The Bertz CT molecular complexity index is 1010. The van der Waals surface area contributed by atoms with Gasteiger partial charge in [0.05, 0.1) is 10.6 Å². The molecule has 0 heterocycles. The molecule has 0 amide bonds. The second kappa shape index (κ2) is 7.00. The van der Waals surface area contributed by atoms with E-state index in [0.29, 0.717) is 28.3 Å². The van der Waals surface area contributed by atoms with E-state index in [1.54, 1.807) is 42.5 Å². The molecule has 0 radical (unpaired) electrons. The summed E-state index contributed by atoms with van der Waals surface area (Å²) < 4.78 is 38.8. The largest absolute Gasteiger partial charge is 1.00 e. The number of nitrogens with two attached hydrogens (primary N) is 2. The van der Waals surface area contributed by atoms with Crippen LogP contribution in [-0.4, -0.2) is 13.0 Å². The molecule has 0 aromatic heterocycles. The number of fused-ring (bicyclic) bond motifs is 1. The van der Waals surface area contributed by atoms with Gasteiger partial charge < -0.3 is 20.8 Å². The van der Waals surface area contributed by atoms with Crippen LogP contribution in [0.5, 0.6) is 11.5 Å². The van der Waals surface area contributed by atoms with Crippen LogP contribution in [0.1, 0.15) is 0 Å². The molecule has 118 valence electrons. The quantitative estimate of drug-likeness (QED) is 0.380. The smallest absolute Gasteiger partial charge is 0.744 e. The number of hydrogen-bond donors (Lipinski definition) is 2. The molecule has 0 saturated carbocycles. The number of ether oxygens (including phenoxy) is 1. The van der Waals surface area contributed by atoms with Gasteiger partial charge in [-0.1, -0.05) is 12.1 Å². The number of nitrogen functional groups attached to an aromatic ring is 2. The topological polar surface area (TPSA) is 118 Å². The average molecular weight is 352 g/mol. The third-order valence-electron chi connectivity index (χ3n) is 3.33. The molecule has 0 atom stereocenters. The van der Waals surface area contributed by atoms with E-state index in [1.807, 2.05) is 0 Å². The average Bonchev–Trinajstić information content (AvgIpc) is 2.48. The van der Waals surface area contributed by atoms with Crippen LogP contribution in [0, 0.1) is 0 Å². The predicted octanol–water partition coefficient (Wildman–Crippen LogP) is -0.295. The molecule has 8 heteroatoms. The standard InChI is InChI=1S/C16H14N2O4S.Na/c17-12-3-6-16(15(18)9-12)22-13-4-1-11-8-14(23(19,20)21)5-2-10(11)7-13;/h1-9H,17-18H2,(H,19,20,21);/q;+1/p-1. The van der Waals surface area contributed by atoms with Gasteiger partial charge in [-0.25, -0.2) is 8.42 Å². The summed E-state index contributed by atoms with van der Waals surface area (Å²) in [5, 5.41) is 1.36. The van der Waals surface area contributed by atoms with Gasteiger partial charge in [-0.3, -0.25) is 0 Å². The van der Waals surface area contributed by atoms with Gasteiger partial charge in [0.1, 0.15) is 21.6 Å². The maximum Gasteiger partial charge on any atom is 1.00 e. The van der Waals surface area contributed by atoms with E-state index in [4.69, 9.17) is 16.2 Å². The molecule has 0 aliphatic heterocycles. The Morgan fingerprint density at radius 2 is 1.54 bits per heavy atom. The second-order valence-electron chi connectivity index (χ2n) is 5.02. The van der Waals surface area contributed by atoms with Crippen molar-refractivity contribution in [1.82, 2.24) is 0 Å². The number of hydrogen-bond acceptors (Lipinski definition) is 6. The molecule has 0 saturated heterocycles. The summed E-state index contributed by atoms with van der Waals surface area (Å²) in [5.74, 6) is 1.00. The number of rotatable bonds is 3. The fraction of sp³-hybridized carbons (Fsp3) is 0. The van der Waals surface area contributed by atoms with Crippen LogP contribution < -0.4 is 45.8 Å². The molecular weight excluding hydrogens is 339 g/mol. The van der Waals surface area contributed by atoms with Gasteiger partial charge in [-0.05, 0) is 53.2 Å². The normalized spacial score (nSPS) is 11.0. The van der Waals surface area contributed by atoms with E-state index in [9.17, 15) is 13.0 Å². The first-order valence-corrected chi connectivity index (χ1v) is 8.06. The molecular formula is C16H13N2NaO4S. The summed E-state index contributed by atoms with van der Waals surface area (Å²) in [6.45, 7) is 0. The summed E-state index contributed by atoms with van der Waals surface area (Å²) in [5.41, 5.74) is 12.4. The zero-order valence-electron chi connectivity index (χ0n) is 12.9. The Kier molecular flexibility index (Phi) is 5.42. The van der Waals surface area contributed by atoms with Gasteiger partial charge in [-0.2, -0.15) is 0 Å². The van der Waals surface area contributed by atoms with Crippen LogP contribution in [0.2, 0.25) is 0 Å². The SMILES string of the molecule is Nc1ccc(Oc2ccc3cc(S(=O)(=O)[O-])ccc3c2)c(N)c1.[Na+]. The predicted molar refractivity (Wildman–Crippen MR) is 87.3 cm³/mol. The fourth-order valence-electron chi connectivity index (χ4n) is 2.21. The summed E-state index contributed by atoms with van der Waals surface area (Å²) in [7, 11) is -4.47. The van der Waals surface area contributed by atoms with Crippen molar-refractivity contribution >= 4 is 32.3 Å². The van der Waals surface area contributed by atoms with Crippen LogP contribution in [0.4, 0.5) is 11.4 Å². The van der Waals surface area contributed by atoms with Crippen molar-refractivity contribution in [2.24, 2.45) is 0 Å². The van der Waals surface area contributed by atoms with Crippen LogP contribution in [0.15, 0.2) is 59.5 Å². The van der Waals surface area contributed by atoms with Crippen LogP contribution >= 0.6 is 0 Å². The van der Waals surface area contributed by atoms with Gasteiger partial charge >= 0.3 is 29.6 Å². The summed E-state index contributed by atoms with van der Waals surface area (Å²) in [6.07, 6.45) is 0. The number of anilines is 2. The Morgan fingerprint density at radius 3 is 2.21 bits per heavy atom. The molecule has 3 rings (SSSR count). The van der Waals surface area contributed by atoms with Crippen molar-refractivity contribution in [3.05, 3.63) is 54.6 Å². The van der Waals surface area contributed by atoms with Gasteiger partial charge in [0.15, 0.2) is 0 Å². The van der Waals surface area contributed by atoms with E-state index in [0.717, 1.165) is 5.39 Å². The van der Waals surface area contributed by atoms with Crippen LogP contribution in [-0.2, 0) is 10.1 Å². The molecule has 0 unspecified atom stereocenters. The fourth-order valence-corrected chi connectivity index (χ4v) is 2.71. The molecule has 4 N–H and O–H groups in total. The molecule has 3 aromatic carbocycles. The van der Waals surface area contributed by atoms with Crippen LogP contribution in [0.3, 0.4) is 0 Å². The Morgan fingerprint density at radius 1 is 0.875 bits per heavy atom. The maximum absolute atomic E-state index is 11.0. The molecule has 24 heavy (non-hydrogen) atoms. The zero-order valence-corrected chi connectivity index (χ0v) is 15.7. The first kappa shape index (κ1) is 18.6. The third-order valence-corrected chi connectivity index (χ3v) is 4.16. The van der Waals surface area contributed by atoms with Gasteiger partial charge in [0.25, 0.3) is 0 Å². The monoisotopic (exact) mass is 352 g/mol. The van der Waals surface area contributed by atoms with Crippen molar-refractivity contribution in [1.29, 1.82) is 0 Å². The van der Waals surface area contributed by atoms with Crippen molar-refractivity contribution in [2.75, 3.05) is 11.5 Å². The van der Waals surface area contributed by atoms with Crippen molar-refractivity contribution in [3.8, 4) is 11.5 Å². The van der Waals surface area contributed by atoms with E-state index in [-0.39, 0.29) is 34.5 Å². The minimum absolute atomic E-state index is 0. The summed E-state index contributed by atoms with van der Waals surface area (Å²) in [6, 6.07) is 14.2. The molecule has 3 aromatic rings. The number of benzene rings is 3. The van der Waals surface area contributed by atoms with Gasteiger partial charge in [0, 0.05) is 5.69 Å². The van der Waals surface area contributed by atoms with Gasteiger partial charge in [0.2, 0.25) is 0 Å². The minimum Gasteiger partial charge on any atom is -0.744 e. The Labute approximate surface area is 161 Å². The molecule has 0 aliphatic carbocycles. The van der Waals surface area contributed by atoms with Crippen molar-refractivity contribution in [2.45, 2.75) is 4.90 Å². The summed E-state index contributed by atoms with van der Waals surface area (Å²) in [4.78, 5) is -0.263. The Hall–Kier alpha value is -1.77. The maximum atomic E-state index is 11.0. The van der Waals surface area contributed by atoms with E-state index >= 15 is 0 Å². The first-order chi connectivity index (χ1) is 10.8. The van der Waals surface area contributed by atoms with Crippen LogP contribution in [0.25, 0.3) is 10.8 Å². The van der Waals surface area contributed by atoms with E-state index in [1.165, 1.54) is 12.1 Å². The van der Waals surface area contributed by atoms with Gasteiger partial charge in [-0.15, -0.1) is 0 Å². The molecule has 0 fully saturated rings. The minimum atomic E-state index is -4.47. The van der Waals surface area contributed by atoms with E-state index in [2.05, 4.69) is 0 Å².